The Balaban J connectivity index is 1.97. The third-order valence-corrected chi connectivity index (χ3v) is 3.27. The number of benzene rings is 1. The topological polar surface area (TPSA) is 73.2 Å². The lowest BCUT2D eigenvalue weighted by molar-refractivity contribution is 0.0946. The number of methoxy groups -OCH3 is 1. The van der Waals surface area contributed by atoms with Crippen LogP contribution in [0, 0.1) is 0 Å². The van der Waals surface area contributed by atoms with Crippen molar-refractivity contribution in [3.05, 3.63) is 58.0 Å². The first-order chi connectivity index (χ1) is 10.7. The third kappa shape index (κ3) is 3.72. The summed E-state index contributed by atoms with van der Waals surface area (Å²) in [5.74, 6) is 0.506. The summed E-state index contributed by atoms with van der Waals surface area (Å²) in [6.45, 7) is 2.70. The first-order valence-electron chi connectivity index (χ1n) is 7.14. The number of para-hydroxylation sites is 1. The summed E-state index contributed by atoms with van der Waals surface area (Å²) < 4.78 is 6.53. The number of hydrogen-bond acceptors (Lipinski definition) is 4. The predicted octanol–water partition coefficient (Wildman–Crippen LogP) is 1.24. The molecule has 6 heteroatoms. The Morgan fingerprint density at radius 3 is 2.77 bits per heavy atom. The molecule has 0 aliphatic heterocycles. The second kappa shape index (κ2) is 7.40. The van der Waals surface area contributed by atoms with Crippen molar-refractivity contribution in [1.82, 2.24) is 15.1 Å². The zero-order valence-electron chi connectivity index (χ0n) is 12.7. The summed E-state index contributed by atoms with van der Waals surface area (Å²) in [6.07, 6.45) is 0.656. The summed E-state index contributed by atoms with van der Waals surface area (Å²) in [7, 11) is 1.62. The average molecular weight is 301 g/mol. The molecule has 0 aliphatic carbocycles. The number of amides is 1. The number of aryl methyl sites for hydroxylation is 1. The molecule has 1 aromatic heterocycles. The Morgan fingerprint density at radius 2 is 2.05 bits per heavy atom. The minimum atomic E-state index is -0.294. The van der Waals surface area contributed by atoms with Gasteiger partial charge in [0.15, 0.2) is 0 Å². The summed E-state index contributed by atoms with van der Waals surface area (Å²) in [4.78, 5) is 23.5. The highest BCUT2D eigenvalue weighted by atomic mass is 16.5. The first-order valence-corrected chi connectivity index (χ1v) is 7.14. The average Bonchev–Trinajstić information content (AvgIpc) is 2.55. The number of nitrogens with one attached hydrogen (secondary N) is 1. The van der Waals surface area contributed by atoms with Crippen LogP contribution in [0.25, 0.3) is 0 Å². The van der Waals surface area contributed by atoms with Crippen LogP contribution in [0.5, 0.6) is 5.75 Å². The maximum Gasteiger partial charge on any atom is 0.271 e. The van der Waals surface area contributed by atoms with Crippen molar-refractivity contribution in [3.63, 3.8) is 0 Å². The maximum atomic E-state index is 12.0. The summed E-state index contributed by atoms with van der Waals surface area (Å²) in [5, 5.41) is 6.81. The molecule has 0 bridgehead atoms. The van der Waals surface area contributed by atoms with Gasteiger partial charge >= 0.3 is 0 Å². The largest absolute Gasteiger partial charge is 0.496 e. The van der Waals surface area contributed by atoms with Gasteiger partial charge in [0.05, 0.1) is 7.11 Å². The Bertz CT molecular complexity index is 710. The lowest BCUT2D eigenvalue weighted by atomic mass is 10.1. The molecule has 2 rings (SSSR count). The van der Waals surface area contributed by atoms with Gasteiger partial charge in [-0.3, -0.25) is 9.59 Å². The number of nitrogens with zero attached hydrogens (tertiary/aromatic N) is 2. The van der Waals surface area contributed by atoms with Crippen LogP contribution < -0.4 is 15.6 Å². The fourth-order valence-electron chi connectivity index (χ4n) is 2.11. The van der Waals surface area contributed by atoms with Crippen LogP contribution >= 0.6 is 0 Å². The van der Waals surface area contributed by atoms with E-state index >= 15 is 0 Å². The van der Waals surface area contributed by atoms with Gasteiger partial charge in [0, 0.05) is 19.2 Å². The quantitative estimate of drug-likeness (QED) is 0.871. The highest BCUT2D eigenvalue weighted by molar-refractivity contribution is 5.91. The van der Waals surface area contributed by atoms with E-state index in [2.05, 4.69) is 10.4 Å². The van der Waals surface area contributed by atoms with E-state index in [4.69, 9.17) is 4.74 Å². The van der Waals surface area contributed by atoms with Gasteiger partial charge in [-0.2, -0.15) is 5.10 Å². The minimum absolute atomic E-state index is 0.215. The number of carbonyl (C=O) groups excluding carboxylic acids is 1. The molecule has 0 fully saturated rings. The molecule has 0 saturated carbocycles. The van der Waals surface area contributed by atoms with Gasteiger partial charge in [-0.05, 0) is 31.0 Å². The van der Waals surface area contributed by atoms with Gasteiger partial charge in [-0.1, -0.05) is 18.2 Å². The Kier molecular flexibility index (Phi) is 5.30. The van der Waals surface area contributed by atoms with Crippen LogP contribution in [-0.4, -0.2) is 29.3 Å². The zero-order valence-corrected chi connectivity index (χ0v) is 12.7. The van der Waals surface area contributed by atoms with Crippen molar-refractivity contribution in [1.29, 1.82) is 0 Å². The number of carbonyl (C=O) groups is 1. The van der Waals surface area contributed by atoms with E-state index in [1.807, 2.05) is 24.3 Å². The van der Waals surface area contributed by atoms with E-state index in [1.165, 1.54) is 16.8 Å². The van der Waals surface area contributed by atoms with Crippen LogP contribution in [0.2, 0.25) is 0 Å². The number of ether oxygens (including phenoxy) is 1. The molecule has 0 unspecified atom stereocenters. The fraction of sp³-hybridized carbons (Fsp3) is 0.312. The van der Waals surface area contributed by atoms with E-state index < -0.39 is 0 Å². The van der Waals surface area contributed by atoms with Crippen molar-refractivity contribution in [2.45, 2.75) is 19.9 Å². The lowest BCUT2D eigenvalue weighted by Gasteiger charge is -2.09. The first kappa shape index (κ1) is 15.8. The van der Waals surface area contributed by atoms with Crippen LogP contribution in [0.15, 0.2) is 41.2 Å². The Hall–Kier alpha value is -2.63. The summed E-state index contributed by atoms with van der Waals surface area (Å²) in [5.41, 5.74) is 1.05. The van der Waals surface area contributed by atoms with Gasteiger partial charge in [0.25, 0.3) is 11.5 Å². The molecule has 1 amide bonds. The standard InChI is InChI=1S/C16H19N3O3/c1-3-19-15(20)9-8-13(18-19)16(21)17-11-10-12-6-4-5-7-14(12)22-2/h4-9H,3,10-11H2,1-2H3,(H,17,21). The van der Waals surface area contributed by atoms with Gasteiger partial charge < -0.3 is 10.1 Å². The van der Waals surface area contributed by atoms with E-state index in [0.717, 1.165) is 11.3 Å². The second-order valence-electron chi connectivity index (χ2n) is 4.69. The number of rotatable bonds is 6. The smallest absolute Gasteiger partial charge is 0.271 e. The van der Waals surface area contributed by atoms with E-state index in [1.54, 1.807) is 14.0 Å². The Morgan fingerprint density at radius 1 is 1.27 bits per heavy atom. The van der Waals surface area contributed by atoms with Gasteiger partial charge in [-0.25, -0.2) is 4.68 Å². The third-order valence-electron chi connectivity index (χ3n) is 3.27. The Labute approximate surface area is 128 Å². The monoisotopic (exact) mass is 301 g/mol. The number of aromatic nitrogens is 2. The molecule has 1 N–H and O–H groups in total. The number of hydrogen-bond donors (Lipinski definition) is 1. The van der Waals surface area contributed by atoms with E-state index in [-0.39, 0.29) is 17.2 Å². The van der Waals surface area contributed by atoms with E-state index in [9.17, 15) is 9.59 Å². The zero-order chi connectivity index (χ0) is 15.9. The van der Waals surface area contributed by atoms with E-state index in [0.29, 0.717) is 19.5 Å². The normalized spacial score (nSPS) is 10.3. The maximum absolute atomic E-state index is 12.0. The van der Waals surface area contributed by atoms with Gasteiger partial charge in [-0.15, -0.1) is 0 Å². The molecule has 2 aromatic rings. The van der Waals surface area contributed by atoms with Crippen molar-refractivity contribution in [2.75, 3.05) is 13.7 Å². The lowest BCUT2D eigenvalue weighted by Crippen LogP contribution is -2.30. The van der Waals surface area contributed by atoms with Crippen LogP contribution in [0.1, 0.15) is 23.0 Å². The SMILES string of the molecule is CCn1nc(C(=O)NCCc2ccccc2OC)ccc1=O. The van der Waals surface area contributed by atoms with Crippen LogP contribution in [0.4, 0.5) is 0 Å². The fourth-order valence-corrected chi connectivity index (χ4v) is 2.11. The van der Waals surface area contributed by atoms with Gasteiger partial charge in [0.2, 0.25) is 0 Å². The second-order valence-corrected chi connectivity index (χ2v) is 4.69. The molecule has 0 radical (unpaired) electrons. The molecule has 1 aromatic carbocycles. The summed E-state index contributed by atoms with van der Waals surface area (Å²) >= 11 is 0. The molecule has 0 atom stereocenters. The van der Waals surface area contributed by atoms with Crippen LogP contribution in [-0.2, 0) is 13.0 Å². The molecule has 116 valence electrons. The molecule has 22 heavy (non-hydrogen) atoms. The molecule has 6 nitrogen and oxygen atoms in total. The molecule has 0 saturated heterocycles. The summed E-state index contributed by atoms with van der Waals surface area (Å²) in [6, 6.07) is 10.5. The van der Waals surface area contributed by atoms with Crippen LogP contribution in [0.3, 0.4) is 0 Å². The molecule has 0 spiro atoms. The molecule has 1 heterocycles. The van der Waals surface area contributed by atoms with Crippen molar-refractivity contribution in [2.24, 2.45) is 0 Å². The molecular formula is C16H19N3O3. The highest BCUT2D eigenvalue weighted by Crippen LogP contribution is 2.17. The predicted molar refractivity (Wildman–Crippen MR) is 83.2 cm³/mol. The minimum Gasteiger partial charge on any atom is -0.496 e. The highest BCUT2D eigenvalue weighted by Gasteiger charge is 2.09. The van der Waals surface area contributed by atoms with Gasteiger partial charge in [0.1, 0.15) is 11.4 Å². The molecule has 0 aliphatic rings. The molecular weight excluding hydrogens is 282 g/mol. The van der Waals surface area contributed by atoms with Crippen molar-refractivity contribution >= 4 is 5.91 Å². The van der Waals surface area contributed by atoms with Crippen molar-refractivity contribution in [3.8, 4) is 5.75 Å². The van der Waals surface area contributed by atoms with Crippen molar-refractivity contribution < 1.29 is 9.53 Å².